The molecule has 0 fully saturated rings. The molecule has 0 spiro atoms. The van der Waals surface area contributed by atoms with Crippen LogP contribution >= 0.6 is 0 Å². The Kier molecular flexibility index (Phi) is 3.58. The summed E-state index contributed by atoms with van der Waals surface area (Å²) in [5.41, 5.74) is 2.29. The number of hydrogen-bond donors (Lipinski definition) is 2. The fraction of sp³-hybridized carbons (Fsp3) is 0.500. The van der Waals surface area contributed by atoms with E-state index in [0.717, 1.165) is 12.2 Å². The first-order valence-corrected chi connectivity index (χ1v) is 5.89. The van der Waals surface area contributed by atoms with Gasteiger partial charge in [0.2, 0.25) is 0 Å². The number of nitrogens with one attached hydrogen (secondary N) is 2. The summed E-state index contributed by atoms with van der Waals surface area (Å²) in [5.74, 6) is 0. The molecule has 2 N–H and O–H groups in total. The van der Waals surface area contributed by atoms with Crippen molar-refractivity contribution in [2.24, 2.45) is 0 Å². The number of rotatable bonds is 5. The van der Waals surface area contributed by atoms with Gasteiger partial charge in [-0.3, -0.25) is 9.78 Å². The molecule has 2 heterocycles. The van der Waals surface area contributed by atoms with Gasteiger partial charge in [-0.05, 0) is 32.4 Å². The second-order valence-corrected chi connectivity index (χ2v) is 4.49. The van der Waals surface area contributed by atoms with Crippen LogP contribution in [0.3, 0.4) is 0 Å². The van der Waals surface area contributed by atoms with E-state index >= 15 is 0 Å². The van der Waals surface area contributed by atoms with E-state index < -0.39 is 0 Å². The first-order valence-electron chi connectivity index (χ1n) is 5.89. The molecule has 0 amide bonds. The van der Waals surface area contributed by atoms with Crippen LogP contribution in [-0.2, 0) is 6.54 Å². The summed E-state index contributed by atoms with van der Waals surface area (Å²) in [5, 5.41) is 14.7. The molecule has 2 atom stereocenters. The maximum atomic E-state index is 4.34. The first-order chi connectivity index (χ1) is 8.16. The van der Waals surface area contributed by atoms with Gasteiger partial charge in [-0.25, -0.2) is 0 Å². The van der Waals surface area contributed by atoms with E-state index in [1.54, 1.807) is 6.20 Å². The topological polar surface area (TPSA) is 58.5 Å². The van der Waals surface area contributed by atoms with Crippen LogP contribution in [-0.4, -0.2) is 26.0 Å². The van der Waals surface area contributed by atoms with Crippen molar-refractivity contribution < 1.29 is 0 Å². The summed E-state index contributed by atoms with van der Waals surface area (Å²) >= 11 is 0. The molecular weight excluding hydrogens is 214 g/mol. The third kappa shape index (κ3) is 2.94. The largest absolute Gasteiger partial charge is 0.307 e. The smallest absolute Gasteiger partial charge is 0.0641 e. The molecule has 92 valence electrons. The molecule has 17 heavy (non-hydrogen) atoms. The van der Waals surface area contributed by atoms with Crippen LogP contribution < -0.4 is 5.32 Å². The Hall–Kier alpha value is -1.62. The Morgan fingerprint density at radius 2 is 2.29 bits per heavy atom. The molecule has 0 aromatic carbocycles. The van der Waals surface area contributed by atoms with Gasteiger partial charge in [0, 0.05) is 30.7 Å². The molecule has 2 rings (SSSR count). The molecular formula is C12H19N5. The SMILES string of the molecule is Cc1cnn([C@H](C)[C@H](C)NCc2ccn[nH]2)c1. The van der Waals surface area contributed by atoms with Gasteiger partial charge in [-0.1, -0.05) is 0 Å². The predicted octanol–water partition coefficient (Wildman–Crippen LogP) is 1.65. The zero-order chi connectivity index (χ0) is 12.3. The number of aryl methyl sites for hydroxylation is 1. The zero-order valence-corrected chi connectivity index (χ0v) is 10.5. The average molecular weight is 233 g/mol. The van der Waals surface area contributed by atoms with Crippen molar-refractivity contribution in [1.82, 2.24) is 25.3 Å². The molecule has 0 aliphatic rings. The Bertz CT molecular complexity index is 445. The standard InChI is InChI=1S/C12H19N5/c1-9-6-15-17(8-9)11(3)10(2)13-7-12-4-5-14-16-12/h4-6,8,10-11,13H,7H2,1-3H3,(H,14,16)/t10-,11+/m0/s1. The van der Waals surface area contributed by atoms with Crippen LogP contribution in [0.1, 0.15) is 31.1 Å². The summed E-state index contributed by atoms with van der Waals surface area (Å²) < 4.78 is 2.00. The number of H-pyrrole nitrogens is 1. The second-order valence-electron chi connectivity index (χ2n) is 4.49. The normalized spacial score (nSPS) is 14.8. The van der Waals surface area contributed by atoms with Gasteiger partial charge in [0.05, 0.1) is 12.2 Å². The summed E-state index contributed by atoms with van der Waals surface area (Å²) in [7, 11) is 0. The van der Waals surface area contributed by atoms with E-state index in [0.29, 0.717) is 12.1 Å². The second kappa shape index (κ2) is 5.14. The lowest BCUT2D eigenvalue weighted by Crippen LogP contribution is -2.33. The average Bonchev–Trinajstić information content (AvgIpc) is 2.95. The van der Waals surface area contributed by atoms with Gasteiger partial charge in [-0.2, -0.15) is 10.2 Å². The number of aromatic amines is 1. The summed E-state index contributed by atoms with van der Waals surface area (Å²) in [6, 6.07) is 2.65. The lowest BCUT2D eigenvalue weighted by molar-refractivity contribution is 0.363. The van der Waals surface area contributed by atoms with Crippen molar-refractivity contribution in [3.8, 4) is 0 Å². The third-order valence-electron chi connectivity index (χ3n) is 3.04. The van der Waals surface area contributed by atoms with Crippen molar-refractivity contribution in [2.45, 2.75) is 39.4 Å². The molecule has 2 aromatic heterocycles. The van der Waals surface area contributed by atoms with Crippen LogP contribution in [0, 0.1) is 6.92 Å². The van der Waals surface area contributed by atoms with Crippen molar-refractivity contribution in [3.63, 3.8) is 0 Å². The monoisotopic (exact) mass is 233 g/mol. The fourth-order valence-electron chi connectivity index (χ4n) is 1.71. The molecule has 0 radical (unpaired) electrons. The molecule has 5 nitrogen and oxygen atoms in total. The van der Waals surface area contributed by atoms with Crippen molar-refractivity contribution in [3.05, 3.63) is 35.9 Å². The van der Waals surface area contributed by atoms with E-state index in [1.165, 1.54) is 5.56 Å². The maximum absolute atomic E-state index is 4.34. The van der Waals surface area contributed by atoms with Gasteiger partial charge in [0.25, 0.3) is 0 Å². The molecule has 0 saturated heterocycles. The van der Waals surface area contributed by atoms with Crippen molar-refractivity contribution in [2.75, 3.05) is 0 Å². The highest BCUT2D eigenvalue weighted by molar-refractivity contribution is 5.01. The van der Waals surface area contributed by atoms with E-state index in [2.05, 4.69) is 47.6 Å². The Morgan fingerprint density at radius 3 is 2.88 bits per heavy atom. The molecule has 0 saturated carbocycles. The number of hydrogen-bond acceptors (Lipinski definition) is 3. The molecule has 5 heteroatoms. The first kappa shape index (κ1) is 11.9. The predicted molar refractivity (Wildman–Crippen MR) is 66.6 cm³/mol. The highest BCUT2D eigenvalue weighted by Gasteiger charge is 2.14. The van der Waals surface area contributed by atoms with Crippen molar-refractivity contribution in [1.29, 1.82) is 0 Å². The summed E-state index contributed by atoms with van der Waals surface area (Å²) in [6.45, 7) is 7.18. The number of nitrogens with zero attached hydrogens (tertiary/aromatic N) is 3. The minimum atomic E-state index is 0.326. The van der Waals surface area contributed by atoms with Gasteiger partial charge >= 0.3 is 0 Å². The Labute approximate surface area is 101 Å². The summed E-state index contributed by atoms with van der Waals surface area (Å²) in [6.07, 6.45) is 5.72. The van der Waals surface area contributed by atoms with Crippen LogP contribution in [0.25, 0.3) is 0 Å². The van der Waals surface area contributed by atoms with E-state index in [4.69, 9.17) is 0 Å². The van der Waals surface area contributed by atoms with Gasteiger partial charge in [0.15, 0.2) is 0 Å². The summed E-state index contributed by atoms with van der Waals surface area (Å²) in [4.78, 5) is 0. The quantitative estimate of drug-likeness (QED) is 0.825. The van der Waals surface area contributed by atoms with Gasteiger partial charge < -0.3 is 5.32 Å². The van der Waals surface area contributed by atoms with Gasteiger partial charge in [-0.15, -0.1) is 0 Å². The Morgan fingerprint density at radius 1 is 1.47 bits per heavy atom. The van der Waals surface area contributed by atoms with E-state index in [1.807, 2.05) is 16.9 Å². The van der Waals surface area contributed by atoms with E-state index in [9.17, 15) is 0 Å². The van der Waals surface area contributed by atoms with E-state index in [-0.39, 0.29) is 0 Å². The molecule has 0 unspecified atom stereocenters. The minimum Gasteiger partial charge on any atom is -0.307 e. The lowest BCUT2D eigenvalue weighted by atomic mass is 10.1. The number of aromatic nitrogens is 4. The minimum absolute atomic E-state index is 0.326. The Balaban J connectivity index is 1.89. The van der Waals surface area contributed by atoms with Gasteiger partial charge in [0.1, 0.15) is 0 Å². The van der Waals surface area contributed by atoms with Crippen molar-refractivity contribution >= 4 is 0 Å². The zero-order valence-electron chi connectivity index (χ0n) is 10.5. The highest BCUT2D eigenvalue weighted by Crippen LogP contribution is 2.11. The maximum Gasteiger partial charge on any atom is 0.0641 e. The van der Waals surface area contributed by atoms with Crippen LogP contribution in [0.5, 0.6) is 0 Å². The molecule has 2 aromatic rings. The molecule has 0 aliphatic heterocycles. The highest BCUT2D eigenvalue weighted by atomic mass is 15.3. The van der Waals surface area contributed by atoms with Crippen LogP contribution in [0.15, 0.2) is 24.7 Å². The molecule has 0 aliphatic carbocycles. The molecule has 0 bridgehead atoms. The van der Waals surface area contributed by atoms with Crippen LogP contribution in [0.2, 0.25) is 0 Å². The third-order valence-corrected chi connectivity index (χ3v) is 3.04. The lowest BCUT2D eigenvalue weighted by Gasteiger charge is -2.21. The van der Waals surface area contributed by atoms with Crippen LogP contribution in [0.4, 0.5) is 0 Å². The fourth-order valence-corrected chi connectivity index (χ4v) is 1.71.